The van der Waals surface area contributed by atoms with E-state index < -0.39 is 6.10 Å². The Morgan fingerprint density at radius 3 is 2.82 bits per heavy atom. The number of likely N-dealkylation sites (N-methyl/N-ethyl adjacent to an activating group) is 1. The number of halogens is 1. The lowest BCUT2D eigenvalue weighted by Crippen LogP contribution is -2.31. The quantitative estimate of drug-likeness (QED) is 0.874. The number of ether oxygens (including phenoxy) is 1. The highest BCUT2D eigenvalue weighted by Gasteiger charge is 2.10. The van der Waals surface area contributed by atoms with Crippen LogP contribution in [-0.2, 0) is 11.3 Å². The molecule has 1 atom stereocenters. The van der Waals surface area contributed by atoms with E-state index in [4.69, 9.17) is 4.74 Å². The van der Waals surface area contributed by atoms with E-state index >= 15 is 0 Å². The van der Waals surface area contributed by atoms with Crippen LogP contribution in [0.4, 0.5) is 0 Å². The highest BCUT2D eigenvalue weighted by atomic mass is 79.9. The maximum Gasteiger partial charge on any atom is 0.0900 e. The van der Waals surface area contributed by atoms with Crippen molar-refractivity contribution >= 4 is 15.9 Å². The third kappa shape index (κ3) is 4.76. The minimum atomic E-state index is -0.433. The van der Waals surface area contributed by atoms with E-state index in [1.54, 1.807) is 7.11 Å². The van der Waals surface area contributed by atoms with Crippen molar-refractivity contribution in [1.29, 1.82) is 0 Å². The fourth-order valence-electron chi connectivity index (χ4n) is 1.78. The van der Waals surface area contributed by atoms with Gasteiger partial charge < -0.3 is 9.84 Å². The van der Waals surface area contributed by atoms with Gasteiger partial charge in [0.15, 0.2) is 0 Å². The van der Waals surface area contributed by atoms with Gasteiger partial charge in [-0.1, -0.05) is 28.1 Å². The maximum absolute atomic E-state index is 9.65. The molecule has 0 aromatic heterocycles. The number of aliphatic hydroxyl groups excluding tert-OH is 1. The third-order valence-corrected chi connectivity index (χ3v) is 3.56. The van der Waals surface area contributed by atoms with Gasteiger partial charge in [0.25, 0.3) is 0 Å². The van der Waals surface area contributed by atoms with Gasteiger partial charge in [-0.05, 0) is 31.2 Å². The predicted molar refractivity (Wildman–Crippen MR) is 73.1 cm³/mol. The molecule has 0 bridgehead atoms. The first-order valence-electron chi connectivity index (χ1n) is 5.64. The number of hydrogen-bond acceptors (Lipinski definition) is 3. The summed E-state index contributed by atoms with van der Waals surface area (Å²) in [5.74, 6) is 0. The van der Waals surface area contributed by atoms with Crippen LogP contribution < -0.4 is 0 Å². The van der Waals surface area contributed by atoms with E-state index in [1.807, 2.05) is 19.2 Å². The molecule has 96 valence electrons. The van der Waals surface area contributed by atoms with E-state index in [0.717, 1.165) is 11.0 Å². The molecular formula is C13H20BrNO2. The zero-order chi connectivity index (χ0) is 12.8. The number of rotatable bonds is 6. The van der Waals surface area contributed by atoms with Gasteiger partial charge in [-0.3, -0.25) is 4.90 Å². The predicted octanol–water partition coefficient (Wildman–Crippen LogP) is 2.20. The number of methoxy groups -OCH3 is 1. The van der Waals surface area contributed by atoms with E-state index in [2.05, 4.69) is 33.8 Å². The SMILES string of the molecule is COCC(O)CN(C)Cc1cccc(Br)c1C. The minimum Gasteiger partial charge on any atom is -0.389 e. The lowest BCUT2D eigenvalue weighted by molar-refractivity contribution is 0.0418. The number of hydrogen-bond donors (Lipinski definition) is 1. The molecule has 0 saturated heterocycles. The van der Waals surface area contributed by atoms with Crippen molar-refractivity contribution in [1.82, 2.24) is 4.90 Å². The average molecular weight is 302 g/mol. The number of nitrogens with zero attached hydrogens (tertiary/aromatic N) is 1. The van der Waals surface area contributed by atoms with Crippen molar-refractivity contribution in [3.05, 3.63) is 33.8 Å². The Kier molecular flexibility index (Phi) is 6.12. The lowest BCUT2D eigenvalue weighted by Gasteiger charge is -2.21. The summed E-state index contributed by atoms with van der Waals surface area (Å²) in [5, 5.41) is 9.65. The second-order valence-corrected chi connectivity index (χ2v) is 5.18. The van der Waals surface area contributed by atoms with Gasteiger partial charge in [0, 0.05) is 24.7 Å². The van der Waals surface area contributed by atoms with Crippen molar-refractivity contribution in [2.45, 2.75) is 19.6 Å². The van der Waals surface area contributed by atoms with Crippen LogP contribution in [0.5, 0.6) is 0 Å². The summed E-state index contributed by atoms with van der Waals surface area (Å²) < 4.78 is 6.04. The summed E-state index contributed by atoms with van der Waals surface area (Å²) in [7, 11) is 3.60. The van der Waals surface area contributed by atoms with Gasteiger partial charge in [0.1, 0.15) is 0 Å². The molecule has 0 aliphatic rings. The second-order valence-electron chi connectivity index (χ2n) is 4.33. The molecule has 1 unspecified atom stereocenters. The molecule has 1 rings (SSSR count). The van der Waals surface area contributed by atoms with Crippen molar-refractivity contribution < 1.29 is 9.84 Å². The van der Waals surface area contributed by atoms with Crippen LogP contribution in [0.1, 0.15) is 11.1 Å². The molecule has 0 amide bonds. The van der Waals surface area contributed by atoms with Crippen molar-refractivity contribution in [2.75, 3.05) is 27.3 Å². The van der Waals surface area contributed by atoms with Gasteiger partial charge in [0.05, 0.1) is 12.7 Å². The molecule has 0 spiro atoms. The molecule has 0 aliphatic heterocycles. The standard InChI is InChI=1S/C13H20BrNO2/c1-10-11(5-4-6-13(10)14)7-15(2)8-12(16)9-17-3/h4-6,12,16H,7-9H2,1-3H3. The van der Waals surface area contributed by atoms with E-state index in [0.29, 0.717) is 13.2 Å². The molecule has 1 aromatic carbocycles. The Hall–Kier alpha value is -0.420. The zero-order valence-electron chi connectivity index (χ0n) is 10.6. The van der Waals surface area contributed by atoms with Crippen LogP contribution in [0.2, 0.25) is 0 Å². The summed E-state index contributed by atoms with van der Waals surface area (Å²) in [6.07, 6.45) is -0.433. The minimum absolute atomic E-state index is 0.377. The summed E-state index contributed by atoms with van der Waals surface area (Å²) in [6.45, 7) is 3.91. The van der Waals surface area contributed by atoms with E-state index in [9.17, 15) is 5.11 Å². The summed E-state index contributed by atoms with van der Waals surface area (Å²) >= 11 is 3.52. The molecule has 0 fully saturated rings. The largest absolute Gasteiger partial charge is 0.389 e. The second kappa shape index (κ2) is 7.11. The third-order valence-electron chi connectivity index (χ3n) is 2.70. The molecule has 0 aliphatic carbocycles. The van der Waals surface area contributed by atoms with Crippen LogP contribution in [0.3, 0.4) is 0 Å². The smallest absolute Gasteiger partial charge is 0.0900 e. The maximum atomic E-state index is 9.65. The van der Waals surface area contributed by atoms with Gasteiger partial charge in [-0.15, -0.1) is 0 Å². The van der Waals surface area contributed by atoms with Gasteiger partial charge in [0.2, 0.25) is 0 Å². The molecular weight excluding hydrogens is 282 g/mol. The Bertz CT molecular complexity index is 357. The molecule has 1 aromatic rings. The van der Waals surface area contributed by atoms with Crippen LogP contribution in [0, 0.1) is 6.92 Å². The Balaban J connectivity index is 2.56. The summed E-state index contributed by atoms with van der Waals surface area (Å²) in [4.78, 5) is 2.10. The molecule has 3 nitrogen and oxygen atoms in total. The average Bonchev–Trinajstić information content (AvgIpc) is 2.25. The lowest BCUT2D eigenvalue weighted by atomic mass is 10.1. The van der Waals surface area contributed by atoms with Gasteiger partial charge >= 0.3 is 0 Å². The van der Waals surface area contributed by atoms with Crippen LogP contribution in [0.25, 0.3) is 0 Å². The van der Waals surface area contributed by atoms with E-state index in [-0.39, 0.29) is 0 Å². The monoisotopic (exact) mass is 301 g/mol. The zero-order valence-corrected chi connectivity index (χ0v) is 12.2. The van der Waals surface area contributed by atoms with Gasteiger partial charge in [-0.2, -0.15) is 0 Å². The molecule has 4 heteroatoms. The van der Waals surface area contributed by atoms with Gasteiger partial charge in [-0.25, -0.2) is 0 Å². The van der Waals surface area contributed by atoms with Crippen molar-refractivity contribution in [3.8, 4) is 0 Å². The summed E-state index contributed by atoms with van der Waals surface area (Å²) in [6, 6.07) is 6.18. The Labute approximate surface area is 112 Å². The highest BCUT2D eigenvalue weighted by Crippen LogP contribution is 2.20. The number of benzene rings is 1. The highest BCUT2D eigenvalue weighted by molar-refractivity contribution is 9.10. The first-order valence-corrected chi connectivity index (χ1v) is 6.43. The van der Waals surface area contributed by atoms with Crippen LogP contribution in [-0.4, -0.2) is 43.4 Å². The van der Waals surface area contributed by atoms with Crippen LogP contribution >= 0.6 is 15.9 Å². The van der Waals surface area contributed by atoms with Crippen molar-refractivity contribution in [3.63, 3.8) is 0 Å². The molecule has 0 radical (unpaired) electrons. The number of aliphatic hydroxyl groups is 1. The first kappa shape index (κ1) is 14.6. The Morgan fingerprint density at radius 2 is 2.18 bits per heavy atom. The molecule has 17 heavy (non-hydrogen) atoms. The molecule has 0 saturated carbocycles. The summed E-state index contributed by atoms with van der Waals surface area (Å²) in [5.41, 5.74) is 2.52. The fraction of sp³-hybridized carbons (Fsp3) is 0.538. The van der Waals surface area contributed by atoms with E-state index in [1.165, 1.54) is 11.1 Å². The molecule has 1 N–H and O–H groups in total. The molecule has 0 heterocycles. The topological polar surface area (TPSA) is 32.7 Å². The first-order chi connectivity index (χ1) is 8.04. The Morgan fingerprint density at radius 1 is 1.47 bits per heavy atom. The van der Waals surface area contributed by atoms with Crippen LogP contribution in [0.15, 0.2) is 22.7 Å². The normalized spacial score (nSPS) is 13.1. The van der Waals surface area contributed by atoms with Crippen molar-refractivity contribution in [2.24, 2.45) is 0 Å². The fourth-order valence-corrected chi connectivity index (χ4v) is 2.19.